The lowest BCUT2D eigenvalue weighted by Crippen LogP contribution is -2.34. The monoisotopic (exact) mass is 279 g/mol. The Morgan fingerprint density at radius 2 is 2.20 bits per heavy atom. The first kappa shape index (κ1) is 14.8. The van der Waals surface area contributed by atoms with E-state index in [4.69, 9.17) is 0 Å². The summed E-state index contributed by atoms with van der Waals surface area (Å²) in [5, 5.41) is 3.10. The normalized spacial score (nSPS) is 14.2. The number of hydrogen-bond acceptors (Lipinski definition) is 3. The number of carbonyl (C=O) groups excluding carboxylic acids is 1. The molecule has 20 heavy (non-hydrogen) atoms. The van der Waals surface area contributed by atoms with Gasteiger partial charge in [-0.2, -0.15) is 0 Å². The van der Waals surface area contributed by atoms with E-state index < -0.39 is 5.82 Å². The van der Waals surface area contributed by atoms with E-state index in [1.807, 2.05) is 18.7 Å². The lowest BCUT2D eigenvalue weighted by Gasteiger charge is -2.23. The molecule has 1 fully saturated rings. The van der Waals surface area contributed by atoms with Crippen LogP contribution in [0.4, 0.5) is 10.2 Å². The number of rotatable bonds is 7. The average molecular weight is 279 g/mol. The number of amides is 1. The maximum absolute atomic E-state index is 13.4. The minimum absolute atomic E-state index is 0.111. The van der Waals surface area contributed by atoms with E-state index in [0.29, 0.717) is 24.0 Å². The van der Waals surface area contributed by atoms with E-state index in [2.05, 4.69) is 10.3 Å². The van der Waals surface area contributed by atoms with Crippen molar-refractivity contribution in [2.45, 2.75) is 45.6 Å². The Hall–Kier alpha value is -1.65. The molecule has 1 heterocycles. The number of nitrogens with zero attached hydrogens (tertiary/aromatic N) is 2. The van der Waals surface area contributed by atoms with Crippen molar-refractivity contribution in [3.63, 3.8) is 0 Å². The summed E-state index contributed by atoms with van der Waals surface area (Å²) < 4.78 is 13.4. The maximum atomic E-state index is 13.4. The number of halogens is 1. The second-order valence-corrected chi connectivity index (χ2v) is 5.21. The zero-order valence-corrected chi connectivity index (χ0v) is 12.2. The summed E-state index contributed by atoms with van der Waals surface area (Å²) >= 11 is 0. The smallest absolute Gasteiger partial charge is 0.257 e. The zero-order valence-electron chi connectivity index (χ0n) is 12.2. The van der Waals surface area contributed by atoms with Gasteiger partial charge in [0.1, 0.15) is 11.6 Å². The van der Waals surface area contributed by atoms with Crippen LogP contribution in [0.5, 0.6) is 0 Å². The number of carbonyl (C=O) groups is 1. The van der Waals surface area contributed by atoms with E-state index in [1.54, 1.807) is 0 Å². The Morgan fingerprint density at radius 1 is 1.45 bits per heavy atom. The number of nitrogens with one attached hydrogen (secondary N) is 1. The molecule has 0 aliphatic heterocycles. The molecule has 1 aliphatic carbocycles. The van der Waals surface area contributed by atoms with Gasteiger partial charge >= 0.3 is 0 Å². The van der Waals surface area contributed by atoms with Crippen LogP contribution in [0.1, 0.15) is 49.9 Å². The lowest BCUT2D eigenvalue weighted by atomic mass is 10.2. The van der Waals surface area contributed by atoms with E-state index >= 15 is 0 Å². The Kier molecular flexibility index (Phi) is 4.93. The first-order chi connectivity index (χ1) is 9.67. The molecule has 0 spiro atoms. The SMILES string of the molecule is CCCNc1ncc(F)cc1C(=O)N(CCC)C1CC1. The molecule has 4 nitrogen and oxygen atoms in total. The van der Waals surface area contributed by atoms with Gasteiger partial charge in [0.2, 0.25) is 0 Å². The van der Waals surface area contributed by atoms with E-state index in [-0.39, 0.29) is 5.91 Å². The van der Waals surface area contributed by atoms with Gasteiger partial charge in [0.15, 0.2) is 0 Å². The first-order valence-electron chi connectivity index (χ1n) is 7.37. The molecule has 0 radical (unpaired) electrons. The predicted molar refractivity (Wildman–Crippen MR) is 77.3 cm³/mol. The highest BCUT2D eigenvalue weighted by Crippen LogP contribution is 2.29. The Morgan fingerprint density at radius 3 is 2.80 bits per heavy atom. The van der Waals surface area contributed by atoms with Crippen molar-refractivity contribution in [2.24, 2.45) is 0 Å². The largest absolute Gasteiger partial charge is 0.369 e. The van der Waals surface area contributed by atoms with Gasteiger partial charge in [0.25, 0.3) is 5.91 Å². The maximum Gasteiger partial charge on any atom is 0.257 e. The third-order valence-electron chi connectivity index (χ3n) is 3.34. The molecule has 1 saturated carbocycles. The Balaban J connectivity index is 2.23. The molecule has 1 aliphatic rings. The van der Waals surface area contributed by atoms with Crippen LogP contribution in [0.2, 0.25) is 0 Å². The highest BCUT2D eigenvalue weighted by molar-refractivity contribution is 5.99. The van der Waals surface area contributed by atoms with Gasteiger partial charge in [-0.3, -0.25) is 4.79 Å². The molecule has 0 atom stereocenters. The minimum atomic E-state index is -0.470. The van der Waals surface area contributed by atoms with Crippen molar-refractivity contribution in [1.29, 1.82) is 0 Å². The number of anilines is 1. The lowest BCUT2D eigenvalue weighted by molar-refractivity contribution is 0.0743. The van der Waals surface area contributed by atoms with Crippen molar-refractivity contribution in [3.05, 3.63) is 23.6 Å². The summed E-state index contributed by atoms with van der Waals surface area (Å²) in [6, 6.07) is 1.61. The van der Waals surface area contributed by atoms with Crippen molar-refractivity contribution in [2.75, 3.05) is 18.4 Å². The molecule has 1 aromatic heterocycles. The van der Waals surface area contributed by atoms with Crippen LogP contribution < -0.4 is 5.32 Å². The van der Waals surface area contributed by atoms with Gasteiger partial charge in [-0.15, -0.1) is 0 Å². The van der Waals surface area contributed by atoms with Crippen molar-refractivity contribution in [1.82, 2.24) is 9.88 Å². The topological polar surface area (TPSA) is 45.2 Å². The van der Waals surface area contributed by atoms with Crippen molar-refractivity contribution in [3.8, 4) is 0 Å². The van der Waals surface area contributed by atoms with Gasteiger partial charge in [0.05, 0.1) is 11.8 Å². The highest BCUT2D eigenvalue weighted by atomic mass is 19.1. The second-order valence-electron chi connectivity index (χ2n) is 5.21. The molecule has 1 aromatic rings. The van der Waals surface area contributed by atoms with Crippen molar-refractivity contribution < 1.29 is 9.18 Å². The van der Waals surface area contributed by atoms with Crippen LogP contribution in [0.25, 0.3) is 0 Å². The van der Waals surface area contributed by atoms with Gasteiger partial charge in [-0.05, 0) is 31.7 Å². The van der Waals surface area contributed by atoms with Crippen LogP contribution in [0.15, 0.2) is 12.3 Å². The van der Waals surface area contributed by atoms with Crippen LogP contribution in [-0.4, -0.2) is 34.9 Å². The summed E-state index contributed by atoms with van der Waals surface area (Å²) in [5.74, 6) is -0.0948. The molecule has 1 N–H and O–H groups in total. The molecule has 1 amide bonds. The Labute approximate surface area is 119 Å². The fourth-order valence-corrected chi connectivity index (χ4v) is 2.22. The van der Waals surface area contributed by atoms with E-state index in [0.717, 1.165) is 38.4 Å². The highest BCUT2D eigenvalue weighted by Gasteiger charge is 2.33. The standard InChI is InChI=1S/C15H22FN3O/c1-3-7-17-14-13(9-11(16)10-18-14)15(20)19(8-4-2)12-5-6-12/h9-10,12H,3-8H2,1-2H3,(H,17,18). The van der Waals surface area contributed by atoms with Gasteiger partial charge in [-0.25, -0.2) is 9.37 Å². The molecule has 0 bridgehead atoms. The van der Waals surface area contributed by atoms with Crippen LogP contribution in [0, 0.1) is 5.82 Å². The number of hydrogen-bond donors (Lipinski definition) is 1. The summed E-state index contributed by atoms with van der Waals surface area (Å²) in [5.41, 5.74) is 0.346. The van der Waals surface area contributed by atoms with Gasteiger partial charge in [-0.1, -0.05) is 13.8 Å². The Bertz CT molecular complexity index is 474. The fourth-order valence-electron chi connectivity index (χ4n) is 2.22. The summed E-state index contributed by atoms with van der Waals surface area (Å²) in [6.07, 6.45) is 5.07. The number of pyridine rings is 1. The molecule has 2 rings (SSSR count). The molecule has 0 unspecified atom stereocenters. The molecular weight excluding hydrogens is 257 g/mol. The van der Waals surface area contributed by atoms with Crippen LogP contribution in [-0.2, 0) is 0 Å². The molecule has 110 valence electrons. The molecule has 0 aromatic carbocycles. The minimum Gasteiger partial charge on any atom is -0.369 e. The quantitative estimate of drug-likeness (QED) is 0.834. The zero-order chi connectivity index (χ0) is 14.5. The second kappa shape index (κ2) is 6.68. The van der Waals surface area contributed by atoms with E-state index in [9.17, 15) is 9.18 Å². The molecule has 5 heteroatoms. The average Bonchev–Trinajstić information content (AvgIpc) is 3.27. The number of aromatic nitrogens is 1. The summed E-state index contributed by atoms with van der Waals surface area (Å²) in [4.78, 5) is 18.5. The van der Waals surface area contributed by atoms with Crippen LogP contribution >= 0.6 is 0 Å². The third kappa shape index (κ3) is 3.46. The van der Waals surface area contributed by atoms with Gasteiger partial charge in [0, 0.05) is 19.1 Å². The fraction of sp³-hybridized carbons (Fsp3) is 0.600. The first-order valence-corrected chi connectivity index (χ1v) is 7.37. The van der Waals surface area contributed by atoms with E-state index in [1.165, 1.54) is 6.07 Å². The summed E-state index contributed by atoms with van der Waals surface area (Å²) in [7, 11) is 0. The predicted octanol–water partition coefficient (Wildman–Crippen LogP) is 3.06. The third-order valence-corrected chi connectivity index (χ3v) is 3.34. The molecular formula is C15H22FN3O. The van der Waals surface area contributed by atoms with Gasteiger partial charge < -0.3 is 10.2 Å². The van der Waals surface area contributed by atoms with Crippen molar-refractivity contribution >= 4 is 11.7 Å². The van der Waals surface area contributed by atoms with Crippen LogP contribution in [0.3, 0.4) is 0 Å². The molecule has 0 saturated heterocycles. The summed E-state index contributed by atoms with van der Waals surface area (Å²) in [6.45, 7) is 5.51.